The molecule has 1 fully saturated rings. The Kier molecular flexibility index (Phi) is 4.63. The highest BCUT2D eigenvalue weighted by atomic mass is 16.1. The smallest absolute Gasteiger partial charge is 0.264 e. The van der Waals surface area contributed by atoms with Crippen LogP contribution in [0.3, 0.4) is 0 Å². The van der Waals surface area contributed by atoms with Gasteiger partial charge in [0.25, 0.3) is 5.56 Å². The highest BCUT2D eigenvalue weighted by molar-refractivity contribution is 5.97. The van der Waals surface area contributed by atoms with Crippen molar-refractivity contribution in [1.29, 1.82) is 0 Å². The van der Waals surface area contributed by atoms with Crippen LogP contribution in [0.5, 0.6) is 0 Å². The second kappa shape index (κ2) is 7.80. The van der Waals surface area contributed by atoms with Gasteiger partial charge in [-0.15, -0.1) is 0 Å². The van der Waals surface area contributed by atoms with Gasteiger partial charge >= 0.3 is 0 Å². The molecule has 8 nitrogen and oxygen atoms in total. The van der Waals surface area contributed by atoms with Crippen molar-refractivity contribution in [2.45, 2.75) is 25.3 Å². The molecule has 2 aromatic carbocycles. The van der Waals surface area contributed by atoms with E-state index >= 15 is 0 Å². The van der Waals surface area contributed by atoms with Gasteiger partial charge in [-0.2, -0.15) is 10.1 Å². The van der Waals surface area contributed by atoms with Gasteiger partial charge in [0.05, 0.1) is 0 Å². The number of aromatic amines is 2. The SMILES string of the molecule is CN1CC=C(c2n[nH]c3nc(N4CCC5(CC4)Cc4ccccc4[C@H]5N)[nH]c(=O)c23)c2ccccc21. The summed E-state index contributed by atoms with van der Waals surface area (Å²) in [6, 6.07) is 16.8. The number of piperidine rings is 1. The van der Waals surface area contributed by atoms with Crippen LogP contribution in [0.4, 0.5) is 11.6 Å². The topological polar surface area (TPSA) is 107 Å². The molecule has 2 aliphatic heterocycles. The van der Waals surface area contributed by atoms with Crippen LogP contribution in [-0.4, -0.2) is 46.8 Å². The predicted molar refractivity (Wildman–Crippen MR) is 142 cm³/mol. The summed E-state index contributed by atoms with van der Waals surface area (Å²) in [7, 11) is 2.06. The lowest BCUT2D eigenvalue weighted by Crippen LogP contribution is -2.45. The van der Waals surface area contributed by atoms with Crippen LogP contribution >= 0.6 is 0 Å². The Balaban J connectivity index is 1.18. The zero-order valence-corrected chi connectivity index (χ0v) is 20.3. The van der Waals surface area contributed by atoms with Gasteiger partial charge in [-0.3, -0.25) is 14.9 Å². The Morgan fingerprint density at radius 3 is 2.69 bits per heavy atom. The first-order valence-corrected chi connectivity index (χ1v) is 12.6. The second-order valence-electron chi connectivity index (χ2n) is 10.4. The molecule has 0 radical (unpaired) electrons. The van der Waals surface area contributed by atoms with Gasteiger partial charge in [0.15, 0.2) is 5.65 Å². The maximum absolute atomic E-state index is 13.4. The van der Waals surface area contributed by atoms with Crippen LogP contribution in [0, 0.1) is 5.41 Å². The zero-order valence-electron chi connectivity index (χ0n) is 20.3. The molecule has 182 valence electrons. The third-order valence-electron chi connectivity index (χ3n) is 8.50. The molecule has 1 spiro atoms. The number of rotatable bonds is 2. The lowest BCUT2D eigenvalue weighted by Gasteiger charge is -2.42. The van der Waals surface area contributed by atoms with E-state index in [-0.39, 0.29) is 17.0 Å². The van der Waals surface area contributed by atoms with Crippen LogP contribution in [0.2, 0.25) is 0 Å². The van der Waals surface area contributed by atoms with Gasteiger partial charge in [-0.1, -0.05) is 48.5 Å². The van der Waals surface area contributed by atoms with E-state index < -0.39 is 0 Å². The number of nitrogens with zero attached hydrogens (tertiary/aromatic N) is 4. The highest BCUT2D eigenvalue weighted by Crippen LogP contribution is 2.50. The number of para-hydroxylation sites is 1. The number of nitrogens with two attached hydrogens (primary N) is 1. The predicted octanol–water partition coefficient (Wildman–Crippen LogP) is 3.37. The summed E-state index contributed by atoms with van der Waals surface area (Å²) in [5.41, 5.74) is 13.6. The molecule has 0 bridgehead atoms. The van der Waals surface area contributed by atoms with Crippen molar-refractivity contribution >= 4 is 28.2 Å². The number of likely N-dealkylation sites (N-methyl/N-ethyl adjacent to an activating group) is 1. The Morgan fingerprint density at radius 1 is 1.08 bits per heavy atom. The highest BCUT2D eigenvalue weighted by Gasteiger charge is 2.46. The van der Waals surface area contributed by atoms with Gasteiger partial charge in [-0.25, -0.2) is 0 Å². The Bertz CT molecular complexity index is 1570. The number of H-pyrrole nitrogens is 2. The number of hydrogen-bond donors (Lipinski definition) is 3. The molecule has 4 aromatic rings. The van der Waals surface area contributed by atoms with Crippen molar-refractivity contribution < 1.29 is 0 Å². The summed E-state index contributed by atoms with van der Waals surface area (Å²) in [4.78, 5) is 25.6. The van der Waals surface area contributed by atoms with E-state index in [0.29, 0.717) is 22.7 Å². The molecule has 8 heteroatoms. The fourth-order valence-corrected chi connectivity index (χ4v) is 6.44. The van der Waals surface area contributed by atoms with Gasteiger partial charge in [0.1, 0.15) is 11.1 Å². The molecule has 3 aliphatic rings. The van der Waals surface area contributed by atoms with Gasteiger partial charge < -0.3 is 15.5 Å². The molecular formula is C28H29N7O. The van der Waals surface area contributed by atoms with Gasteiger partial charge in [0, 0.05) is 49.5 Å². The van der Waals surface area contributed by atoms with E-state index in [9.17, 15) is 4.79 Å². The first kappa shape index (κ1) is 21.4. The Hall–Kier alpha value is -3.91. The first-order valence-electron chi connectivity index (χ1n) is 12.6. The molecular weight excluding hydrogens is 450 g/mol. The Labute approximate surface area is 208 Å². The maximum Gasteiger partial charge on any atom is 0.264 e. The van der Waals surface area contributed by atoms with Crippen LogP contribution in [-0.2, 0) is 6.42 Å². The number of aromatic nitrogens is 4. The number of fused-ring (bicyclic) bond motifs is 3. The summed E-state index contributed by atoms with van der Waals surface area (Å²) in [5, 5.41) is 8.09. The van der Waals surface area contributed by atoms with Crippen molar-refractivity contribution in [1.82, 2.24) is 20.2 Å². The van der Waals surface area contributed by atoms with E-state index in [1.54, 1.807) is 0 Å². The average molecular weight is 480 g/mol. The minimum atomic E-state index is -0.165. The van der Waals surface area contributed by atoms with E-state index in [1.165, 1.54) is 11.1 Å². The molecule has 0 amide bonds. The van der Waals surface area contributed by atoms with Crippen molar-refractivity contribution in [2.24, 2.45) is 11.1 Å². The minimum Gasteiger partial charge on any atom is -0.370 e. The summed E-state index contributed by atoms with van der Waals surface area (Å²) in [5.74, 6) is 0.597. The average Bonchev–Trinajstić information content (AvgIpc) is 3.45. The third kappa shape index (κ3) is 3.07. The molecule has 1 aliphatic carbocycles. The second-order valence-corrected chi connectivity index (χ2v) is 10.4. The molecule has 4 N–H and O–H groups in total. The van der Waals surface area contributed by atoms with Crippen molar-refractivity contribution in [3.05, 3.63) is 87.3 Å². The quantitative estimate of drug-likeness (QED) is 0.407. The van der Waals surface area contributed by atoms with Gasteiger partial charge in [0.2, 0.25) is 5.95 Å². The van der Waals surface area contributed by atoms with E-state index in [2.05, 4.69) is 74.5 Å². The van der Waals surface area contributed by atoms with E-state index in [1.807, 2.05) is 12.1 Å². The van der Waals surface area contributed by atoms with E-state index in [0.717, 1.165) is 55.7 Å². The van der Waals surface area contributed by atoms with Crippen LogP contribution in [0.1, 0.15) is 41.3 Å². The number of hydrogen-bond acceptors (Lipinski definition) is 6. The van der Waals surface area contributed by atoms with Crippen molar-refractivity contribution in [3.8, 4) is 0 Å². The van der Waals surface area contributed by atoms with Crippen molar-refractivity contribution in [2.75, 3.05) is 36.5 Å². The summed E-state index contributed by atoms with van der Waals surface area (Å²) in [6.07, 6.45) is 5.08. The summed E-state index contributed by atoms with van der Waals surface area (Å²) >= 11 is 0. The third-order valence-corrected chi connectivity index (χ3v) is 8.50. The first-order chi connectivity index (χ1) is 17.5. The normalized spacial score (nSPS) is 20.5. The molecule has 36 heavy (non-hydrogen) atoms. The largest absolute Gasteiger partial charge is 0.370 e. The molecule has 1 saturated heterocycles. The van der Waals surface area contributed by atoms with E-state index in [4.69, 9.17) is 10.7 Å². The number of nitrogens with one attached hydrogen (secondary N) is 2. The van der Waals surface area contributed by atoms with Crippen molar-refractivity contribution in [3.63, 3.8) is 0 Å². The number of benzene rings is 2. The maximum atomic E-state index is 13.4. The minimum absolute atomic E-state index is 0.0613. The fourth-order valence-electron chi connectivity index (χ4n) is 6.44. The van der Waals surface area contributed by atoms with Gasteiger partial charge in [-0.05, 0) is 41.9 Å². The van der Waals surface area contributed by atoms with Crippen LogP contribution in [0.15, 0.2) is 59.4 Å². The fraction of sp³-hybridized carbons (Fsp3) is 0.321. The Morgan fingerprint density at radius 2 is 1.86 bits per heavy atom. The molecule has 2 aromatic heterocycles. The van der Waals surface area contributed by atoms with Crippen LogP contribution in [0.25, 0.3) is 16.6 Å². The molecule has 1 atom stereocenters. The standard InChI is InChI=1S/C28H29N7O/c1-34-13-10-20(19-8-4-5-9-21(19)34)23-22-25(33-32-23)30-27(31-26(22)36)35-14-11-28(12-15-35)16-17-6-2-3-7-18(17)24(28)29/h2-10,24H,11-16,29H2,1H3,(H2,30,31,32,33,36)/t24-/m1/s1. The molecule has 4 heterocycles. The zero-order chi connectivity index (χ0) is 24.4. The summed E-state index contributed by atoms with van der Waals surface area (Å²) in [6.45, 7) is 2.37. The lowest BCUT2D eigenvalue weighted by atomic mass is 9.73. The van der Waals surface area contributed by atoms with Crippen LogP contribution < -0.4 is 21.1 Å². The molecule has 0 saturated carbocycles. The lowest BCUT2D eigenvalue weighted by molar-refractivity contribution is 0.187. The summed E-state index contributed by atoms with van der Waals surface area (Å²) < 4.78 is 0. The number of anilines is 2. The molecule has 0 unspecified atom stereocenters. The monoisotopic (exact) mass is 479 g/mol. The molecule has 7 rings (SSSR count).